The first-order chi connectivity index (χ1) is 6.68. The lowest BCUT2D eigenvalue weighted by Gasteiger charge is -2.13. The van der Waals surface area contributed by atoms with Crippen molar-refractivity contribution in [2.75, 3.05) is 26.4 Å². The zero-order chi connectivity index (χ0) is 10.4. The van der Waals surface area contributed by atoms with Crippen LogP contribution in [0, 0.1) is 0 Å². The number of nitrogens with zero attached hydrogens (tertiary/aromatic N) is 2. The first-order valence-corrected chi connectivity index (χ1v) is 6.47. The fourth-order valence-electron chi connectivity index (χ4n) is 0.967. The highest BCUT2D eigenvalue weighted by Crippen LogP contribution is 2.20. The summed E-state index contributed by atoms with van der Waals surface area (Å²) in [5.41, 5.74) is 5.97. The summed E-state index contributed by atoms with van der Waals surface area (Å²) in [4.78, 5) is 6.36. The summed E-state index contributed by atoms with van der Waals surface area (Å²) in [7, 11) is 4.14. The van der Waals surface area contributed by atoms with Gasteiger partial charge in [-0.15, -0.1) is 11.3 Å². The van der Waals surface area contributed by atoms with E-state index in [2.05, 4.69) is 24.0 Å². The van der Waals surface area contributed by atoms with Gasteiger partial charge in [0.1, 0.15) is 4.34 Å². The van der Waals surface area contributed by atoms with Crippen molar-refractivity contribution in [3.63, 3.8) is 0 Å². The summed E-state index contributed by atoms with van der Waals surface area (Å²) in [6.45, 7) is 1.06. The highest BCUT2D eigenvalue weighted by atomic mass is 32.2. The average Bonchev–Trinajstić information content (AvgIpc) is 2.63. The first-order valence-electron chi connectivity index (χ1n) is 4.61. The Hall–Kier alpha value is -0.100. The van der Waals surface area contributed by atoms with Gasteiger partial charge in [-0.2, -0.15) is 0 Å². The van der Waals surface area contributed by atoms with Crippen LogP contribution in [-0.4, -0.2) is 42.3 Å². The number of thioether (sulfide) groups is 1. The summed E-state index contributed by atoms with van der Waals surface area (Å²) in [5.74, 6) is 0.960. The van der Waals surface area contributed by atoms with Crippen LogP contribution in [0.2, 0.25) is 0 Å². The second-order valence-electron chi connectivity index (χ2n) is 3.46. The Kier molecular flexibility index (Phi) is 5.47. The monoisotopic (exact) mass is 231 g/mol. The number of rotatable bonds is 6. The first kappa shape index (κ1) is 12.0. The molecule has 80 valence electrons. The van der Waals surface area contributed by atoms with Crippen molar-refractivity contribution in [3.05, 3.63) is 11.6 Å². The van der Waals surface area contributed by atoms with Crippen molar-refractivity contribution in [2.24, 2.45) is 5.73 Å². The van der Waals surface area contributed by atoms with Gasteiger partial charge in [-0.1, -0.05) is 11.8 Å². The molecular formula is C9H17N3S2. The van der Waals surface area contributed by atoms with Crippen LogP contribution in [0.4, 0.5) is 0 Å². The fraction of sp³-hybridized carbons (Fsp3) is 0.667. The van der Waals surface area contributed by atoms with Crippen LogP contribution >= 0.6 is 23.1 Å². The van der Waals surface area contributed by atoms with Crippen LogP contribution in [-0.2, 0) is 0 Å². The summed E-state index contributed by atoms with van der Waals surface area (Å²) in [5, 5.41) is 1.99. The molecule has 0 aliphatic carbocycles. The predicted octanol–water partition coefficient (Wildman–Crippen LogP) is 1.51. The third kappa shape index (κ3) is 4.95. The van der Waals surface area contributed by atoms with E-state index in [1.54, 1.807) is 23.1 Å². The summed E-state index contributed by atoms with van der Waals surface area (Å²) in [6, 6.07) is 0.270. The molecule has 0 spiro atoms. The van der Waals surface area contributed by atoms with E-state index in [-0.39, 0.29) is 6.04 Å². The molecule has 0 radical (unpaired) electrons. The van der Waals surface area contributed by atoms with Gasteiger partial charge in [0.2, 0.25) is 0 Å². The Balaban J connectivity index is 2.12. The zero-order valence-electron chi connectivity index (χ0n) is 8.64. The Morgan fingerprint density at radius 3 is 3.00 bits per heavy atom. The number of aromatic nitrogens is 1. The molecule has 1 aromatic rings. The summed E-state index contributed by atoms with van der Waals surface area (Å²) < 4.78 is 1.12. The molecule has 1 aromatic heterocycles. The molecule has 0 aliphatic rings. The molecule has 0 aliphatic heterocycles. The van der Waals surface area contributed by atoms with Crippen LogP contribution in [0.1, 0.15) is 6.42 Å². The van der Waals surface area contributed by atoms with Crippen LogP contribution in [0.3, 0.4) is 0 Å². The van der Waals surface area contributed by atoms with Gasteiger partial charge in [0.05, 0.1) is 0 Å². The van der Waals surface area contributed by atoms with Crippen molar-refractivity contribution >= 4 is 23.1 Å². The van der Waals surface area contributed by atoms with Crippen LogP contribution in [0.25, 0.3) is 0 Å². The van der Waals surface area contributed by atoms with Crippen molar-refractivity contribution in [1.82, 2.24) is 9.88 Å². The predicted molar refractivity (Wildman–Crippen MR) is 64.0 cm³/mol. The number of hydrogen-bond donors (Lipinski definition) is 1. The lowest BCUT2D eigenvalue weighted by molar-refractivity contribution is 0.387. The van der Waals surface area contributed by atoms with Gasteiger partial charge >= 0.3 is 0 Å². The largest absolute Gasteiger partial charge is 0.327 e. The van der Waals surface area contributed by atoms with Crippen LogP contribution < -0.4 is 5.73 Å². The van der Waals surface area contributed by atoms with Crippen molar-refractivity contribution in [2.45, 2.75) is 16.8 Å². The molecule has 1 atom stereocenters. The van der Waals surface area contributed by atoms with Gasteiger partial charge in [-0.3, -0.25) is 0 Å². The molecule has 3 nitrogen and oxygen atoms in total. The summed E-state index contributed by atoms with van der Waals surface area (Å²) >= 11 is 3.43. The van der Waals surface area contributed by atoms with E-state index in [0.29, 0.717) is 0 Å². The lowest BCUT2D eigenvalue weighted by atomic mass is 10.2. The lowest BCUT2D eigenvalue weighted by Crippen LogP contribution is -2.28. The molecule has 0 bridgehead atoms. The minimum absolute atomic E-state index is 0.270. The minimum atomic E-state index is 0.270. The van der Waals surface area contributed by atoms with Gasteiger partial charge in [0, 0.05) is 23.4 Å². The molecule has 1 rings (SSSR count). The zero-order valence-corrected chi connectivity index (χ0v) is 10.3. The number of hydrogen-bond acceptors (Lipinski definition) is 5. The SMILES string of the molecule is CN(C)CC[C@@H](N)CSc1nccs1. The molecule has 1 heterocycles. The topological polar surface area (TPSA) is 42.1 Å². The molecule has 14 heavy (non-hydrogen) atoms. The maximum atomic E-state index is 5.97. The van der Waals surface area contributed by atoms with Gasteiger partial charge < -0.3 is 10.6 Å². The van der Waals surface area contributed by atoms with Crippen LogP contribution in [0.15, 0.2) is 15.9 Å². The van der Waals surface area contributed by atoms with Gasteiger partial charge in [0.25, 0.3) is 0 Å². The Morgan fingerprint density at radius 2 is 2.43 bits per heavy atom. The molecule has 0 saturated carbocycles. The van der Waals surface area contributed by atoms with Gasteiger partial charge in [-0.25, -0.2) is 4.98 Å². The molecule has 0 unspecified atom stereocenters. The van der Waals surface area contributed by atoms with Gasteiger partial charge in [0.15, 0.2) is 0 Å². The number of thiazole rings is 1. The standard InChI is InChI=1S/C9H17N3S2/c1-12(2)5-3-8(10)7-14-9-11-4-6-13-9/h4,6,8H,3,5,7,10H2,1-2H3/t8-/m1/s1. The highest BCUT2D eigenvalue weighted by Gasteiger charge is 2.05. The minimum Gasteiger partial charge on any atom is -0.327 e. The second-order valence-corrected chi connectivity index (χ2v) is 5.62. The number of nitrogens with two attached hydrogens (primary N) is 1. The molecular weight excluding hydrogens is 214 g/mol. The highest BCUT2D eigenvalue weighted by molar-refractivity contribution is 8.01. The second kappa shape index (κ2) is 6.40. The normalized spacial score (nSPS) is 13.4. The molecule has 0 aromatic carbocycles. The van der Waals surface area contributed by atoms with Crippen molar-refractivity contribution in [1.29, 1.82) is 0 Å². The van der Waals surface area contributed by atoms with E-state index in [1.807, 2.05) is 11.6 Å². The quantitative estimate of drug-likeness (QED) is 0.754. The van der Waals surface area contributed by atoms with Crippen molar-refractivity contribution < 1.29 is 0 Å². The van der Waals surface area contributed by atoms with E-state index in [0.717, 1.165) is 23.1 Å². The molecule has 2 N–H and O–H groups in total. The van der Waals surface area contributed by atoms with E-state index in [4.69, 9.17) is 5.73 Å². The Labute approximate surface area is 93.7 Å². The van der Waals surface area contributed by atoms with E-state index < -0.39 is 0 Å². The maximum Gasteiger partial charge on any atom is 0.149 e. The fourth-order valence-corrected chi connectivity index (χ4v) is 2.63. The van der Waals surface area contributed by atoms with E-state index in [1.165, 1.54) is 0 Å². The third-order valence-electron chi connectivity index (χ3n) is 1.78. The van der Waals surface area contributed by atoms with Crippen molar-refractivity contribution in [3.8, 4) is 0 Å². The third-order valence-corrected chi connectivity index (χ3v) is 3.93. The Morgan fingerprint density at radius 1 is 1.64 bits per heavy atom. The smallest absolute Gasteiger partial charge is 0.149 e. The molecule has 0 saturated heterocycles. The Bertz CT molecular complexity index is 236. The van der Waals surface area contributed by atoms with Crippen LogP contribution in [0.5, 0.6) is 0 Å². The average molecular weight is 231 g/mol. The van der Waals surface area contributed by atoms with Gasteiger partial charge in [-0.05, 0) is 27.1 Å². The molecule has 5 heteroatoms. The van der Waals surface area contributed by atoms with E-state index in [9.17, 15) is 0 Å². The molecule has 0 fully saturated rings. The molecule has 0 amide bonds. The van der Waals surface area contributed by atoms with E-state index >= 15 is 0 Å². The maximum absolute atomic E-state index is 5.97. The summed E-state index contributed by atoms with van der Waals surface area (Å²) in [6.07, 6.45) is 2.88.